The van der Waals surface area contributed by atoms with E-state index in [0.717, 1.165) is 32.5 Å². The van der Waals surface area contributed by atoms with Crippen LogP contribution in [0.5, 0.6) is 0 Å². The number of methoxy groups -OCH3 is 1. The molecule has 0 saturated carbocycles. The van der Waals surface area contributed by atoms with Crippen molar-refractivity contribution in [2.75, 3.05) is 47.4 Å². The molecule has 1 aliphatic heterocycles. The molecule has 1 heterocycles. The summed E-state index contributed by atoms with van der Waals surface area (Å²) in [6, 6.07) is 1.15. The standard InChI is InChI=1S/C15H33N3O/c1-7-16-13(8-9-15(2,3)19-6)14-12-17(4)10-11-18(14)5/h13-14,16H,7-12H2,1-6H3. The van der Waals surface area contributed by atoms with Gasteiger partial charge in [-0.1, -0.05) is 6.92 Å². The molecule has 114 valence electrons. The maximum Gasteiger partial charge on any atom is 0.0623 e. The van der Waals surface area contributed by atoms with Crippen LogP contribution in [-0.2, 0) is 4.74 Å². The Labute approximate surface area is 119 Å². The Kier molecular flexibility index (Phi) is 6.74. The molecule has 0 amide bonds. The van der Waals surface area contributed by atoms with Crippen LogP contribution in [0.25, 0.3) is 0 Å². The zero-order valence-corrected chi connectivity index (χ0v) is 13.7. The quantitative estimate of drug-likeness (QED) is 0.758. The second kappa shape index (κ2) is 7.58. The molecule has 4 nitrogen and oxygen atoms in total. The number of likely N-dealkylation sites (N-methyl/N-ethyl adjacent to an activating group) is 3. The molecule has 0 spiro atoms. The average molecular weight is 271 g/mol. The number of ether oxygens (including phenoxy) is 1. The van der Waals surface area contributed by atoms with Gasteiger partial charge in [0.2, 0.25) is 0 Å². The summed E-state index contributed by atoms with van der Waals surface area (Å²) < 4.78 is 5.55. The lowest BCUT2D eigenvalue weighted by molar-refractivity contribution is 0.00609. The van der Waals surface area contributed by atoms with Crippen LogP contribution in [0.3, 0.4) is 0 Å². The Balaban J connectivity index is 2.59. The van der Waals surface area contributed by atoms with Gasteiger partial charge in [0.1, 0.15) is 0 Å². The summed E-state index contributed by atoms with van der Waals surface area (Å²) >= 11 is 0. The Morgan fingerprint density at radius 1 is 1.32 bits per heavy atom. The minimum Gasteiger partial charge on any atom is -0.379 e. The molecule has 0 aromatic rings. The number of hydrogen-bond donors (Lipinski definition) is 1. The summed E-state index contributed by atoms with van der Waals surface area (Å²) in [4.78, 5) is 4.95. The van der Waals surface area contributed by atoms with E-state index in [0.29, 0.717) is 12.1 Å². The van der Waals surface area contributed by atoms with Gasteiger partial charge < -0.3 is 15.0 Å². The molecule has 1 N–H and O–H groups in total. The predicted octanol–water partition coefficient (Wildman–Crippen LogP) is 1.42. The maximum atomic E-state index is 5.55. The predicted molar refractivity (Wildman–Crippen MR) is 81.7 cm³/mol. The monoisotopic (exact) mass is 271 g/mol. The summed E-state index contributed by atoms with van der Waals surface area (Å²) in [6.45, 7) is 11.1. The number of rotatable bonds is 7. The van der Waals surface area contributed by atoms with Gasteiger partial charge in [0.25, 0.3) is 0 Å². The van der Waals surface area contributed by atoms with Crippen molar-refractivity contribution in [3.63, 3.8) is 0 Å². The van der Waals surface area contributed by atoms with E-state index in [1.807, 2.05) is 7.11 Å². The van der Waals surface area contributed by atoms with Crippen LogP contribution in [0.2, 0.25) is 0 Å². The highest BCUT2D eigenvalue weighted by atomic mass is 16.5. The zero-order chi connectivity index (χ0) is 14.5. The Morgan fingerprint density at radius 3 is 2.58 bits per heavy atom. The second-order valence-electron chi connectivity index (χ2n) is 6.48. The first-order valence-electron chi connectivity index (χ1n) is 7.57. The fraction of sp³-hybridized carbons (Fsp3) is 1.00. The molecule has 0 aromatic carbocycles. The van der Waals surface area contributed by atoms with Crippen molar-refractivity contribution < 1.29 is 4.74 Å². The van der Waals surface area contributed by atoms with Gasteiger partial charge in [-0.05, 0) is 47.3 Å². The minimum absolute atomic E-state index is 0.0210. The van der Waals surface area contributed by atoms with Crippen LogP contribution in [-0.4, -0.2) is 74.9 Å². The summed E-state index contributed by atoms with van der Waals surface area (Å²) in [6.07, 6.45) is 2.26. The molecule has 19 heavy (non-hydrogen) atoms. The number of hydrogen-bond acceptors (Lipinski definition) is 4. The fourth-order valence-corrected chi connectivity index (χ4v) is 2.78. The van der Waals surface area contributed by atoms with E-state index in [1.165, 1.54) is 6.54 Å². The molecule has 0 bridgehead atoms. The maximum absolute atomic E-state index is 5.55. The van der Waals surface area contributed by atoms with Crippen molar-refractivity contribution in [1.82, 2.24) is 15.1 Å². The van der Waals surface area contributed by atoms with Gasteiger partial charge in [-0.25, -0.2) is 0 Å². The highest BCUT2D eigenvalue weighted by molar-refractivity contribution is 4.90. The lowest BCUT2D eigenvalue weighted by Gasteiger charge is -2.43. The highest BCUT2D eigenvalue weighted by Crippen LogP contribution is 2.20. The van der Waals surface area contributed by atoms with Crippen LogP contribution in [0.1, 0.15) is 33.6 Å². The fourth-order valence-electron chi connectivity index (χ4n) is 2.78. The van der Waals surface area contributed by atoms with E-state index in [-0.39, 0.29) is 5.60 Å². The van der Waals surface area contributed by atoms with E-state index < -0.39 is 0 Å². The molecule has 2 atom stereocenters. The molecule has 1 saturated heterocycles. The third kappa shape index (κ3) is 5.38. The highest BCUT2D eigenvalue weighted by Gasteiger charge is 2.30. The second-order valence-corrected chi connectivity index (χ2v) is 6.48. The van der Waals surface area contributed by atoms with Crippen LogP contribution < -0.4 is 5.32 Å². The van der Waals surface area contributed by atoms with Crippen LogP contribution in [0.4, 0.5) is 0 Å². The largest absolute Gasteiger partial charge is 0.379 e. The minimum atomic E-state index is -0.0210. The van der Waals surface area contributed by atoms with Gasteiger partial charge >= 0.3 is 0 Å². The summed E-state index contributed by atoms with van der Waals surface area (Å²) in [5.74, 6) is 0. The van der Waals surface area contributed by atoms with Gasteiger partial charge in [0, 0.05) is 38.8 Å². The van der Waals surface area contributed by atoms with Crippen molar-refractivity contribution in [3.05, 3.63) is 0 Å². The van der Waals surface area contributed by atoms with E-state index in [1.54, 1.807) is 0 Å². The van der Waals surface area contributed by atoms with Crippen LogP contribution >= 0.6 is 0 Å². The molecular formula is C15H33N3O. The number of nitrogens with zero attached hydrogens (tertiary/aromatic N) is 2. The Bertz CT molecular complexity index is 258. The third-order valence-corrected chi connectivity index (χ3v) is 4.44. The van der Waals surface area contributed by atoms with E-state index in [9.17, 15) is 0 Å². The van der Waals surface area contributed by atoms with Crippen molar-refractivity contribution in [2.24, 2.45) is 0 Å². The normalized spacial score (nSPS) is 24.6. The van der Waals surface area contributed by atoms with Gasteiger partial charge in [-0.2, -0.15) is 0 Å². The SMILES string of the molecule is CCNC(CCC(C)(C)OC)C1CN(C)CCN1C. The Hall–Kier alpha value is -0.160. The molecular weight excluding hydrogens is 238 g/mol. The van der Waals surface area contributed by atoms with Gasteiger partial charge in [0.15, 0.2) is 0 Å². The zero-order valence-electron chi connectivity index (χ0n) is 13.7. The number of piperazine rings is 1. The van der Waals surface area contributed by atoms with Crippen molar-refractivity contribution in [2.45, 2.75) is 51.3 Å². The first-order valence-corrected chi connectivity index (χ1v) is 7.57. The average Bonchev–Trinajstić information content (AvgIpc) is 2.37. The van der Waals surface area contributed by atoms with E-state index in [4.69, 9.17) is 4.74 Å². The first kappa shape index (κ1) is 16.9. The van der Waals surface area contributed by atoms with Crippen molar-refractivity contribution >= 4 is 0 Å². The molecule has 0 aliphatic carbocycles. The smallest absolute Gasteiger partial charge is 0.0623 e. The van der Waals surface area contributed by atoms with Crippen LogP contribution in [0, 0.1) is 0 Å². The molecule has 0 aromatic heterocycles. The van der Waals surface area contributed by atoms with Crippen molar-refractivity contribution in [1.29, 1.82) is 0 Å². The topological polar surface area (TPSA) is 27.7 Å². The lowest BCUT2D eigenvalue weighted by Crippen LogP contribution is -2.58. The lowest BCUT2D eigenvalue weighted by atomic mass is 9.93. The summed E-state index contributed by atoms with van der Waals surface area (Å²) in [5.41, 5.74) is -0.0210. The summed E-state index contributed by atoms with van der Waals surface area (Å²) in [5, 5.41) is 3.68. The van der Waals surface area contributed by atoms with Crippen LogP contribution in [0.15, 0.2) is 0 Å². The molecule has 0 radical (unpaired) electrons. The van der Waals surface area contributed by atoms with E-state index in [2.05, 4.69) is 50.0 Å². The molecule has 1 aliphatic rings. The first-order chi connectivity index (χ1) is 8.89. The summed E-state index contributed by atoms with van der Waals surface area (Å²) in [7, 11) is 6.29. The molecule has 4 heteroatoms. The number of nitrogens with one attached hydrogen (secondary N) is 1. The molecule has 1 fully saturated rings. The molecule has 2 unspecified atom stereocenters. The third-order valence-electron chi connectivity index (χ3n) is 4.44. The van der Waals surface area contributed by atoms with Crippen molar-refractivity contribution in [3.8, 4) is 0 Å². The van der Waals surface area contributed by atoms with E-state index >= 15 is 0 Å². The van der Waals surface area contributed by atoms with Gasteiger partial charge in [-0.3, -0.25) is 4.90 Å². The Morgan fingerprint density at radius 2 is 2.00 bits per heavy atom. The van der Waals surface area contributed by atoms with Gasteiger partial charge in [0.05, 0.1) is 5.60 Å². The van der Waals surface area contributed by atoms with Gasteiger partial charge in [-0.15, -0.1) is 0 Å². The molecule has 1 rings (SSSR count).